The molecule has 0 aromatic carbocycles. The monoisotopic (exact) mass is 167 g/mol. The van der Waals surface area contributed by atoms with Gasteiger partial charge in [0, 0.05) is 12.3 Å². The summed E-state index contributed by atoms with van der Waals surface area (Å²) >= 11 is 0. The maximum atomic E-state index is 5.58. The first kappa shape index (κ1) is 9.33. The van der Waals surface area contributed by atoms with Crippen LogP contribution < -0.4 is 5.73 Å². The Hall–Kier alpha value is -0.760. The van der Waals surface area contributed by atoms with Gasteiger partial charge in [-0.2, -0.15) is 0 Å². The molecule has 1 aliphatic carbocycles. The number of nitrogens with two attached hydrogens (primary N) is 1. The molecule has 1 rings (SSSR count). The van der Waals surface area contributed by atoms with Gasteiger partial charge >= 0.3 is 0 Å². The third kappa shape index (κ3) is 3.09. The van der Waals surface area contributed by atoms with Crippen LogP contribution in [0.3, 0.4) is 0 Å². The molecule has 0 spiro atoms. The summed E-state index contributed by atoms with van der Waals surface area (Å²) in [7, 11) is 0. The van der Waals surface area contributed by atoms with E-state index in [1.54, 1.807) is 0 Å². The van der Waals surface area contributed by atoms with E-state index >= 15 is 0 Å². The van der Waals surface area contributed by atoms with Crippen molar-refractivity contribution in [2.75, 3.05) is 6.61 Å². The summed E-state index contributed by atoms with van der Waals surface area (Å²) in [6.45, 7) is 3.03. The Morgan fingerprint density at radius 1 is 1.67 bits per heavy atom. The highest BCUT2D eigenvalue weighted by molar-refractivity contribution is 5.20. The van der Waals surface area contributed by atoms with E-state index in [2.05, 4.69) is 6.92 Å². The van der Waals surface area contributed by atoms with Crippen LogP contribution >= 0.6 is 0 Å². The molecule has 1 unspecified atom stereocenters. The van der Waals surface area contributed by atoms with Gasteiger partial charge < -0.3 is 10.5 Å². The van der Waals surface area contributed by atoms with E-state index in [1.165, 1.54) is 6.42 Å². The Labute approximate surface area is 74.1 Å². The van der Waals surface area contributed by atoms with Crippen LogP contribution in [0.5, 0.6) is 0 Å². The van der Waals surface area contributed by atoms with E-state index < -0.39 is 0 Å². The minimum absolute atomic E-state index is 0.254. The van der Waals surface area contributed by atoms with E-state index in [-0.39, 0.29) is 6.10 Å². The molecule has 2 N–H and O–H groups in total. The molecule has 0 radical (unpaired) electrons. The van der Waals surface area contributed by atoms with Crippen molar-refractivity contribution < 1.29 is 4.74 Å². The molecule has 2 heteroatoms. The Balaban J connectivity index is 2.16. The number of hydrogen-bond acceptors (Lipinski definition) is 2. The van der Waals surface area contributed by atoms with Crippen molar-refractivity contribution >= 4 is 0 Å². The third-order valence-electron chi connectivity index (χ3n) is 1.92. The maximum Gasteiger partial charge on any atom is 0.0794 e. The SMILES string of the molecule is CCCCOC1C=CC(N)=CC1. The molecule has 12 heavy (non-hydrogen) atoms. The van der Waals surface area contributed by atoms with E-state index in [4.69, 9.17) is 10.5 Å². The van der Waals surface area contributed by atoms with Gasteiger partial charge in [-0.3, -0.25) is 0 Å². The Kier molecular flexibility index (Phi) is 3.88. The largest absolute Gasteiger partial charge is 0.399 e. The fraction of sp³-hybridized carbons (Fsp3) is 0.600. The van der Waals surface area contributed by atoms with Crippen LogP contribution in [0.2, 0.25) is 0 Å². The molecule has 1 aliphatic rings. The lowest BCUT2D eigenvalue weighted by atomic mass is 10.1. The molecule has 0 aromatic rings. The van der Waals surface area contributed by atoms with Gasteiger partial charge in [0.1, 0.15) is 0 Å². The van der Waals surface area contributed by atoms with Crippen molar-refractivity contribution in [2.24, 2.45) is 5.73 Å². The highest BCUT2D eigenvalue weighted by Gasteiger charge is 2.06. The molecule has 0 saturated carbocycles. The molecule has 0 aliphatic heterocycles. The second kappa shape index (κ2) is 4.99. The summed E-state index contributed by atoms with van der Waals surface area (Å²) in [4.78, 5) is 0. The lowest BCUT2D eigenvalue weighted by Crippen LogP contribution is -2.14. The van der Waals surface area contributed by atoms with Gasteiger partial charge in [-0.25, -0.2) is 0 Å². The van der Waals surface area contributed by atoms with Crippen LogP contribution in [0, 0.1) is 0 Å². The van der Waals surface area contributed by atoms with E-state index in [0.29, 0.717) is 0 Å². The molecular formula is C10H17NO. The molecule has 0 saturated heterocycles. The van der Waals surface area contributed by atoms with Crippen molar-refractivity contribution in [3.63, 3.8) is 0 Å². The average molecular weight is 167 g/mol. The lowest BCUT2D eigenvalue weighted by molar-refractivity contribution is 0.0839. The van der Waals surface area contributed by atoms with Crippen LogP contribution in [0.4, 0.5) is 0 Å². The molecule has 2 nitrogen and oxygen atoms in total. The summed E-state index contributed by atoms with van der Waals surface area (Å²) in [5.74, 6) is 0. The van der Waals surface area contributed by atoms with Gasteiger partial charge in [0.05, 0.1) is 6.10 Å². The third-order valence-corrected chi connectivity index (χ3v) is 1.92. The van der Waals surface area contributed by atoms with Crippen LogP contribution in [-0.2, 0) is 4.74 Å². The van der Waals surface area contributed by atoms with Crippen LogP contribution in [-0.4, -0.2) is 12.7 Å². The first-order chi connectivity index (χ1) is 5.83. The van der Waals surface area contributed by atoms with Crippen molar-refractivity contribution in [2.45, 2.75) is 32.3 Å². The predicted octanol–water partition coefficient (Wildman–Crippen LogP) is 1.97. The highest BCUT2D eigenvalue weighted by atomic mass is 16.5. The topological polar surface area (TPSA) is 35.2 Å². The standard InChI is InChI=1S/C10H17NO/c1-2-3-8-12-10-6-4-9(11)5-7-10/h4-6,10H,2-3,7-8,11H2,1H3. The normalized spacial score (nSPS) is 22.4. The minimum atomic E-state index is 0.254. The predicted molar refractivity (Wildman–Crippen MR) is 50.7 cm³/mol. The molecule has 68 valence electrons. The van der Waals surface area contributed by atoms with Gasteiger partial charge in [0.15, 0.2) is 0 Å². The molecule has 0 fully saturated rings. The van der Waals surface area contributed by atoms with Crippen LogP contribution in [0.15, 0.2) is 23.9 Å². The average Bonchev–Trinajstić information content (AvgIpc) is 2.09. The molecule has 1 atom stereocenters. The van der Waals surface area contributed by atoms with E-state index in [0.717, 1.165) is 25.1 Å². The number of ether oxygens (including phenoxy) is 1. The second-order valence-corrected chi connectivity index (χ2v) is 3.06. The molecular weight excluding hydrogens is 150 g/mol. The van der Waals surface area contributed by atoms with Gasteiger partial charge in [-0.15, -0.1) is 0 Å². The second-order valence-electron chi connectivity index (χ2n) is 3.06. The minimum Gasteiger partial charge on any atom is -0.399 e. The van der Waals surface area contributed by atoms with E-state index in [9.17, 15) is 0 Å². The first-order valence-corrected chi connectivity index (χ1v) is 4.58. The summed E-state index contributed by atoms with van der Waals surface area (Å²) in [6.07, 6.45) is 9.47. The smallest absolute Gasteiger partial charge is 0.0794 e. The molecule has 0 amide bonds. The fourth-order valence-corrected chi connectivity index (χ4v) is 1.12. The number of rotatable bonds is 4. The van der Waals surface area contributed by atoms with E-state index in [1.807, 2.05) is 18.2 Å². The zero-order valence-electron chi connectivity index (χ0n) is 7.62. The van der Waals surface area contributed by atoms with Crippen LogP contribution in [0.1, 0.15) is 26.2 Å². The van der Waals surface area contributed by atoms with Crippen LogP contribution in [0.25, 0.3) is 0 Å². The molecule has 0 bridgehead atoms. The fourth-order valence-electron chi connectivity index (χ4n) is 1.12. The van der Waals surface area contributed by atoms with Crippen molar-refractivity contribution in [1.29, 1.82) is 0 Å². The Morgan fingerprint density at radius 2 is 2.50 bits per heavy atom. The molecule has 0 heterocycles. The summed E-state index contributed by atoms with van der Waals surface area (Å²) in [6, 6.07) is 0. The van der Waals surface area contributed by atoms with Gasteiger partial charge in [-0.05, 0) is 18.9 Å². The Bertz CT molecular complexity index is 184. The van der Waals surface area contributed by atoms with Crippen molar-refractivity contribution in [1.82, 2.24) is 0 Å². The van der Waals surface area contributed by atoms with Gasteiger partial charge in [0.2, 0.25) is 0 Å². The summed E-state index contributed by atoms with van der Waals surface area (Å²) in [5.41, 5.74) is 6.42. The number of hydrogen-bond donors (Lipinski definition) is 1. The molecule has 0 aromatic heterocycles. The highest BCUT2D eigenvalue weighted by Crippen LogP contribution is 2.10. The number of allylic oxidation sites excluding steroid dienone is 1. The first-order valence-electron chi connectivity index (χ1n) is 4.58. The Morgan fingerprint density at radius 3 is 3.08 bits per heavy atom. The summed E-state index contributed by atoms with van der Waals surface area (Å²) < 4.78 is 5.58. The van der Waals surface area contributed by atoms with Gasteiger partial charge in [-0.1, -0.05) is 25.5 Å². The number of unbranched alkanes of at least 4 members (excludes halogenated alkanes) is 1. The quantitative estimate of drug-likeness (QED) is 0.650. The van der Waals surface area contributed by atoms with Crippen molar-refractivity contribution in [3.8, 4) is 0 Å². The summed E-state index contributed by atoms with van der Waals surface area (Å²) in [5, 5.41) is 0. The van der Waals surface area contributed by atoms with Gasteiger partial charge in [0.25, 0.3) is 0 Å². The zero-order chi connectivity index (χ0) is 8.81. The maximum absolute atomic E-state index is 5.58. The zero-order valence-corrected chi connectivity index (χ0v) is 7.62. The van der Waals surface area contributed by atoms with Crippen molar-refractivity contribution in [3.05, 3.63) is 23.9 Å². The lowest BCUT2D eigenvalue weighted by Gasteiger charge is -2.15.